The van der Waals surface area contributed by atoms with Crippen molar-refractivity contribution in [1.82, 2.24) is 9.80 Å². The third kappa shape index (κ3) is 3.91. The van der Waals surface area contributed by atoms with E-state index in [1.54, 1.807) is 4.90 Å². The van der Waals surface area contributed by atoms with Crippen LogP contribution in [0.2, 0.25) is 5.02 Å². The number of rotatable bonds is 4. The fraction of sp³-hybridized carbons (Fsp3) is 0.259. The molecule has 162 valence electrons. The van der Waals surface area contributed by atoms with Crippen LogP contribution >= 0.6 is 11.6 Å². The molecule has 0 aromatic heterocycles. The molecule has 0 bridgehead atoms. The van der Waals surface area contributed by atoms with Crippen molar-refractivity contribution < 1.29 is 9.59 Å². The number of halogens is 1. The minimum absolute atomic E-state index is 0.0355. The van der Waals surface area contributed by atoms with Crippen molar-refractivity contribution >= 4 is 23.4 Å². The second-order valence-corrected chi connectivity index (χ2v) is 8.97. The third-order valence-electron chi connectivity index (χ3n) is 6.55. The number of amides is 2. The Bertz CT molecular complexity index is 1150. The number of hydrogen-bond acceptors (Lipinski definition) is 2. The van der Waals surface area contributed by atoms with Gasteiger partial charge in [0.25, 0.3) is 0 Å². The fourth-order valence-corrected chi connectivity index (χ4v) is 5.20. The van der Waals surface area contributed by atoms with Crippen molar-refractivity contribution in [2.75, 3.05) is 13.1 Å². The topological polar surface area (TPSA) is 40.6 Å². The minimum atomic E-state index is -0.332. The Labute approximate surface area is 193 Å². The van der Waals surface area contributed by atoms with Crippen molar-refractivity contribution in [3.05, 3.63) is 106 Å². The van der Waals surface area contributed by atoms with Crippen LogP contribution in [0.3, 0.4) is 0 Å². The van der Waals surface area contributed by atoms with Gasteiger partial charge >= 0.3 is 0 Å². The fourth-order valence-electron chi connectivity index (χ4n) is 4.96. The van der Waals surface area contributed by atoms with Gasteiger partial charge in [-0.15, -0.1) is 0 Å². The van der Waals surface area contributed by atoms with Crippen LogP contribution in [0.15, 0.2) is 78.9 Å². The van der Waals surface area contributed by atoms with E-state index < -0.39 is 0 Å². The molecule has 3 aromatic rings. The van der Waals surface area contributed by atoms with Crippen molar-refractivity contribution in [2.45, 2.75) is 25.4 Å². The maximum atomic E-state index is 13.8. The predicted octanol–water partition coefficient (Wildman–Crippen LogP) is 4.86. The zero-order valence-corrected chi connectivity index (χ0v) is 18.5. The molecular weight excluding hydrogens is 420 g/mol. The summed E-state index contributed by atoms with van der Waals surface area (Å²) in [6.07, 6.45) is 1.07. The van der Waals surface area contributed by atoms with E-state index in [-0.39, 0.29) is 30.2 Å². The quantitative estimate of drug-likeness (QED) is 0.576. The molecule has 5 heteroatoms. The molecule has 1 fully saturated rings. The molecule has 3 aromatic carbocycles. The maximum absolute atomic E-state index is 13.8. The normalized spacial score (nSPS) is 20.3. The van der Waals surface area contributed by atoms with E-state index in [9.17, 15) is 9.59 Å². The Morgan fingerprint density at radius 2 is 1.59 bits per heavy atom. The number of carbonyl (C=O) groups is 2. The van der Waals surface area contributed by atoms with Crippen LogP contribution < -0.4 is 0 Å². The van der Waals surface area contributed by atoms with Gasteiger partial charge in [0.2, 0.25) is 11.8 Å². The molecule has 0 radical (unpaired) electrons. The van der Waals surface area contributed by atoms with E-state index >= 15 is 0 Å². The molecule has 1 saturated heterocycles. The average molecular weight is 445 g/mol. The van der Waals surface area contributed by atoms with Crippen LogP contribution in [0.1, 0.15) is 34.7 Å². The van der Waals surface area contributed by atoms with Gasteiger partial charge in [-0.25, -0.2) is 0 Å². The van der Waals surface area contributed by atoms with Crippen LogP contribution in [0.4, 0.5) is 0 Å². The summed E-state index contributed by atoms with van der Waals surface area (Å²) in [4.78, 5) is 30.2. The molecule has 5 rings (SSSR count). The smallest absolute Gasteiger partial charge is 0.228 e. The van der Waals surface area contributed by atoms with Gasteiger partial charge in [-0.05, 0) is 34.7 Å². The molecule has 4 nitrogen and oxygen atoms in total. The van der Waals surface area contributed by atoms with E-state index in [4.69, 9.17) is 11.6 Å². The molecule has 0 N–H and O–H groups in total. The summed E-state index contributed by atoms with van der Waals surface area (Å²) in [5.41, 5.74) is 4.37. The number of likely N-dealkylation sites (tertiary alicyclic amines) is 1. The van der Waals surface area contributed by atoms with E-state index in [1.807, 2.05) is 71.6 Å². The van der Waals surface area contributed by atoms with E-state index in [0.717, 1.165) is 23.1 Å². The first-order valence-corrected chi connectivity index (χ1v) is 11.4. The first-order valence-electron chi connectivity index (χ1n) is 11.1. The van der Waals surface area contributed by atoms with Gasteiger partial charge < -0.3 is 9.80 Å². The van der Waals surface area contributed by atoms with E-state index in [1.165, 1.54) is 5.56 Å². The highest BCUT2D eigenvalue weighted by molar-refractivity contribution is 6.31. The largest absolute Gasteiger partial charge is 0.338 e. The second-order valence-electron chi connectivity index (χ2n) is 8.57. The van der Waals surface area contributed by atoms with Crippen molar-refractivity contribution in [2.24, 2.45) is 5.92 Å². The standard InChI is InChI=1S/C27H25ClN2O2/c28-24-13-7-6-12-23(24)26-22-11-5-4-10-20(22)14-15-30(26)27(32)21-16-25(31)29(18-21)17-19-8-2-1-3-9-19/h1-13,21,26H,14-18H2. The summed E-state index contributed by atoms with van der Waals surface area (Å²) in [5, 5.41) is 0.653. The summed E-state index contributed by atoms with van der Waals surface area (Å²) >= 11 is 6.59. The van der Waals surface area contributed by atoms with E-state index in [0.29, 0.717) is 24.7 Å². The lowest BCUT2D eigenvalue weighted by atomic mass is 9.87. The maximum Gasteiger partial charge on any atom is 0.228 e. The lowest BCUT2D eigenvalue weighted by Gasteiger charge is -2.39. The molecule has 0 spiro atoms. The van der Waals surface area contributed by atoms with Gasteiger partial charge in [0.05, 0.1) is 12.0 Å². The summed E-state index contributed by atoms with van der Waals surface area (Å²) in [5.74, 6) is -0.256. The van der Waals surface area contributed by atoms with E-state index in [2.05, 4.69) is 12.1 Å². The molecule has 32 heavy (non-hydrogen) atoms. The molecule has 2 aliphatic heterocycles. The Morgan fingerprint density at radius 3 is 2.38 bits per heavy atom. The summed E-state index contributed by atoms with van der Waals surface area (Å²) < 4.78 is 0. The lowest BCUT2D eigenvalue weighted by Crippen LogP contribution is -2.44. The Morgan fingerprint density at radius 1 is 0.906 bits per heavy atom. The number of nitrogens with zero attached hydrogens (tertiary/aromatic N) is 2. The molecule has 2 amide bonds. The number of carbonyl (C=O) groups excluding carboxylic acids is 2. The van der Waals surface area contributed by atoms with Crippen LogP contribution in [-0.2, 0) is 22.6 Å². The Kier molecular flexibility index (Phi) is 5.71. The van der Waals surface area contributed by atoms with Crippen LogP contribution in [-0.4, -0.2) is 34.7 Å². The zero-order valence-electron chi connectivity index (χ0n) is 17.8. The Balaban J connectivity index is 1.42. The van der Waals surface area contributed by atoms with Crippen molar-refractivity contribution in [3.63, 3.8) is 0 Å². The zero-order chi connectivity index (χ0) is 22.1. The van der Waals surface area contributed by atoms with Gasteiger partial charge in [0, 0.05) is 31.1 Å². The molecule has 2 heterocycles. The summed E-state index contributed by atoms with van der Waals surface area (Å²) in [7, 11) is 0. The van der Waals surface area contributed by atoms with Gasteiger partial charge in [-0.3, -0.25) is 9.59 Å². The third-order valence-corrected chi connectivity index (χ3v) is 6.89. The molecule has 0 aliphatic carbocycles. The first-order chi connectivity index (χ1) is 15.6. The highest BCUT2D eigenvalue weighted by Gasteiger charge is 2.40. The number of benzene rings is 3. The molecule has 2 unspecified atom stereocenters. The summed E-state index contributed by atoms with van der Waals surface area (Å²) in [6, 6.07) is 25.7. The van der Waals surface area contributed by atoms with Gasteiger partial charge in [0.1, 0.15) is 0 Å². The van der Waals surface area contributed by atoms with Gasteiger partial charge in [-0.1, -0.05) is 84.4 Å². The van der Waals surface area contributed by atoms with Crippen LogP contribution in [0.5, 0.6) is 0 Å². The molecule has 2 aliphatic rings. The van der Waals surface area contributed by atoms with Crippen LogP contribution in [0, 0.1) is 5.92 Å². The molecule has 2 atom stereocenters. The van der Waals surface area contributed by atoms with Crippen LogP contribution in [0.25, 0.3) is 0 Å². The van der Waals surface area contributed by atoms with Crippen molar-refractivity contribution in [3.8, 4) is 0 Å². The van der Waals surface area contributed by atoms with Crippen molar-refractivity contribution in [1.29, 1.82) is 0 Å². The molecular formula is C27H25ClN2O2. The first kappa shape index (κ1) is 20.8. The minimum Gasteiger partial charge on any atom is -0.338 e. The highest BCUT2D eigenvalue weighted by Crippen LogP contribution is 2.39. The lowest BCUT2D eigenvalue weighted by molar-refractivity contribution is -0.137. The SMILES string of the molecule is O=C1CC(C(=O)N2CCc3ccccc3C2c2ccccc2Cl)CN1Cc1ccccc1. The summed E-state index contributed by atoms with van der Waals surface area (Å²) in [6.45, 7) is 1.62. The average Bonchev–Trinajstić information content (AvgIpc) is 3.19. The Hall–Kier alpha value is -3.11. The van der Waals surface area contributed by atoms with Gasteiger partial charge in [0.15, 0.2) is 0 Å². The monoisotopic (exact) mass is 444 g/mol. The molecule has 0 saturated carbocycles. The second kappa shape index (κ2) is 8.79. The predicted molar refractivity (Wildman–Crippen MR) is 125 cm³/mol. The highest BCUT2D eigenvalue weighted by atomic mass is 35.5. The number of hydrogen-bond donors (Lipinski definition) is 0. The number of fused-ring (bicyclic) bond motifs is 1. The van der Waals surface area contributed by atoms with Gasteiger partial charge in [-0.2, -0.15) is 0 Å².